The Morgan fingerprint density at radius 1 is 1.29 bits per heavy atom. The average molecular weight is 325 g/mol. The van der Waals surface area contributed by atoms with Gasteiger partial charge in [-0.05, 0) is 56.7 Å². The highest BCUT2D eigenvalue weighted by Crippen LogP contribution is 2.21. The Morgan fingerprint density at radius 3 is 2.75 bits per heavy atom. The second-order valence-corrected chi connectivity index (χ2v) is 5.86. The van der Waals surface area contributed by atoms with Crippen LogP contribution < -0.4 is 5.32 Å². The highest BCUT2D eigenvalue weighted by molar-refractivity contribution is 5.94. The Morgan fingerprint density at radius 2 is 2.04 bits per heavy atom. The molecule has 0 aliphatic heterocycles. The van der Waals surface area contributed by atoms with Crippen LogP contribution in [0, 0.1) is 12.7 Å². The molecule has 0 aliphatic rings. The molecule has 0 aliphatic carbocycles. The number of para-hydroxylation sites is 2. The van der Waals surface area contributed by atoms with Crippen LogP contribution >= 0.6 is 0 Å². The summed E-state index contributed by atoms with van der Waals surface area (Å²) >= 11 is 0. The molecule has 0 spiro atoms. The number of nitrogens with one attached hydrogen (secondary N) is 1. The van der Waals surface area contributed by atoms with Gasteiger partial charge in [0.1, 0.15) is 11.6 Å². The molecule has 5 heteroatoms. The molecule has 0 saturated carbocycles. The monoisotopic (exact) mass is 325 g/mol. The fourth-order valence-electron chi connectivity index (χ4n) is 2.89. The molecule has 1 amide bonds. The zero-order valence-corrected chi connectivity index (χ0v) is 14.0. The molecular weight excluding hydrogens is 305 g/mol. The van der Waals surface area contributed by atoms with Gasteiger partial charge in [0.25, 0.3) is 5.91 Å². The first-order valence-electron chi connectivity index (χ1n) is 8.03. The van der Waals surface area contributed by atoms with Crippen molar-refractivity contribution < 1.29 is 9.18 Å². The van der Waals surface area contributed by atoms with Gasteiger partial charge in [0, 0.05) is 12.1 Å². The Bertz CT molecular complexity index is 901. The molecule has 1 N–H and O–H groups in total. The van der Waals surface area contributed by atoms with Crippen molar-refractivity contribution in [3.05, 3.63) is 65.2 Å². The predicted octanol–water partition coefficient (Wildman–Crippen LogP) is 3.99. The third kappa shape index (κ3) is 2.89. The summed E-state index contributed by atoms with van der Waals surface area (Å²) in [6.45, 7) is 6.37. The van der Waals surface area contributed by atoms with E-state index >= 15 is 0 Å². The number of halogens is 1. The minimum atomic E-state index is -0.313. The van der Waals surface area contributed by atoms with Gasteiger partial charge in [-0.1, -0.05) is 12.1 Å². The maximum absolute atomic E-state index is 13.4. The SMILES string of the molecule is CCn1c(C(C)NC(=O)c2ccc(F)c(C)c2)nc2ccccc21. The first kappa shape index (κ1) is 16.2. The lowest BCUT2D eigenvalue weighted by molar-refractivity contribution is 0.0937. The molecule has 0 radical (unpaired) electrons. The van der Waals surface area contributed by atoms with Crippen molar-refractivity contribution >= 4 is 16.9 Å². The van der Waals surface area contributed by atoms with E-state index in [1.54, 1.807) is 13.0 Å². The molecule has 0 fully saturated rings. The number of rotatable bonds is 4. The summed E-state index contributed by atoms with van der Waals surface area (Å²) in [5, 5.41) is 2.95. The molecular formula is C19H20FN3O. The van der Waals surface area contributed by atoms with Gasteiger partial charge in [-0.3, -0.25) is 4.79 Å². The van der Waals surface area contributed by atoms with Crippen molar-refractivity contribution in [3.63, 3.8) is 0 Å². The van der Waals surface area contributed by atoms with Gasteiger partial charge in [-0.25, -0.2) is 9.37 Å². The van der Waals surface area contributed by atoms with Gasteiger partial charge in [-0.15, -0.1) is 0 Å². The summed E-state index contributed by atoms with van der Waals surface area (Å²) in [6, 6.07) is 12.0. The topological polar surface area (TPSA) is 46.9 Å². The van der Waals surface area contributed by atoms with Crippen LogP contribution in [0.15, 0.2) is 42.5 Å². The third-order valence-corrected chi connectivity index (χ3v) is 4.16. The first-order chi connectivity index (χ1) is 11.5. The lowest BCUT2D eigenvalue weighted by atomic mass is 10.1. The highest BCUT2D eigenvalue weighted by atomic mass is 19.1. The number of hydrogen-bond donors (Lipinski definition) is 1. The summed E-state index contributed by atoms with van der Waals surface area (Å²) in [7, 11) is 0. The minimum Gasteiger partial charge on any atom is -0.342 e. The van der Waals surface area contributed by atoms with Gasteiger partial charge >= 0.3 is 0 Å². The Kier molecular flexibility index (Phi) is 4.34. The van der Waals surface area contributed by atoms with Crippen molar-refractivity contribution in [1.29, 1.82) is 0 Å². The molecule has 3 rings (SSSR count). The molecule has 3 aromatic rings. The largest absolute Gasteiger partial charge is 0.342 e. The third-order valence-electron chi connectivity index (χ3n) is 4.16. The van der Waals surface area contributed by atoms with E-state index in [0.717, 1.165) is 23.4 Å². The van der Waals surface area contributed by atoms with E-state index in [4.69, 9.17) is 0 Å². The van der Waals surface area contributed by atoms with Crippen LogP contribution in [-0.4, -0.2) is 15.5 Å². The maximum atomic E-state index is 13.4. The second-order valence-electron chi connectivity index (χ2n) is 5.86. The molecule has 124 valence electrons. The number of imidazole rings is 1. The Balaban J connectivity index is 1.88. The molecule has 2 aromatic carbocycles. The summed E-state index contributed by atoms with van der Waals surface area (Å²) in [5.74, 6) is 0.263. The van der Waals surface area contributed by atoms with E-state index in [0.29, 0.717) is 11.1 Å². The lowest BCUT2D eigenvalue weighted by Crippen LogP contribution is -2.28. The maximum Gasteiger partial charge on any atom is 0.251 e. The van der Waals surface area contributed by atoms with Crippen LogP contribution in [0.3, 0.4) is 0 Å². The van der Waals surface area contributed by atoms with Crippen molar-refractivity contribution in [1.82, 2.24) is 14.9 Å². The van der Waals surface area contributed by atoms with Crippen molar-refractivity contribution in [2.75, 3.05) is 0 Å². The number of benzene rings is 2. The number of fused-ring (bicyclic) bond motifs is 1. The molecule has 4 nitrogen and oxygen atoms in total. The normalized spacial score (nSPS) is 12.3. The van der Waals surface area contributed by atoms with Crippen LogP contribution in [-0.2, 0) is 6.54 Å². The number of aryl methyl sites for hydroxylation is 2. The van der Waals surface area contributed by atoms with E-state index in [2.05, 4.69) is 21.8 Å². The molecule has 1 unspecified atom stereocenters. The van der Waals surface area contributed by atoms with Crippen LogP contribution in [0.4, 0.5) is 4.39 Å². The molecule has 0 saturated heterocycles. The molecule has 1 heterocycles. The summed E-state index contributed by atoms with van der Waals surface area (Å²) in [6.07, 6.45) is 0. The van der Waals surface area contributed by atoms with E-state index in [1.807, 2.05) is 31.2 Å². The van der Waals surface area contributed by atoms with E-state index < -0.39 is 0 Å². The summed E-state index contributed by atoms with van der Waals surface area (Å²) in [5.41, 5.74) is 2.86. The molecule has 1 aromatic heterocycles. The van der Waals surface area contributed by atoms with Crippen molar-refractivity contribution in [2.45, 2.75) is 33.4 Å². The van der Waals surface area contributed by atoms with E-state index in [-0.39, 0.29) is 17.8 Å². The van der Waals surface area contributed by atoms with Crippen LogP contribution in [0.25, 0.3) is 11.0 Å². The average Bonchev–Trinajstić information content (AvgIpc) is 2.96. The molecule has 24 heavy (non-hydrogen) atoms. The van der Waals surface area contributed by atoms with Crippen LogP contribution in [0.5, 0.6) is 0 Å². The Hall–Kier alpha value is -2.69. The van der Waals surface area contributed by atoms with Crippen molar-refractivity contribution in [2.24, 2.45) is 0 Å². The van der Waals surface area contributed by atoms with Gasteiger partial charge in [0.15, 0.2) is 0 Å². The molecule has 0 bridgehead atoms. The number of carbonyl (C=O) groups excluding carboxylic acids is 1. The predicted molar refractivity (Wildman–Crippen MR) is 92.4 cm³/mol. The number of aromatic nitrogens is 2. The zero-order chi connectivity index (χ0) is 17.3. The molecule has 1 atom stereocenters. The Labute approximate surface area is 140 Å². The fourth-order valence-corrected chi connectivity index (χ4v) is 2.89. The van der Waals surface area contributed by atoms with E-state index in [9.17, 15) is 9.18 Å². The quantitative estimate of drug-likeness (QED) is 0.788. The standard InChI is InChI=1S/C19H20FN3O/c1-4-23-17-8-6-5-7-16(17)22-18(23)13(3)21-19(24)14-9-10-15(20)12(2)11-14/h5-11,13H,4H2,1-3H3,(H,21,24). The second kappa shape index (κ2) is 6.43. The summed E-state index contributed by atoms with van der Waals surface area (Å²) in [4.78, 5) is 17.1. The van der Waals surface area contributed by atoms with Crippen LogP contribution in [0.2, 0.25) is 0 Å². The first-order valence-corrected chi connectivity index (χ1v) is 8.03. The van der Waals surface area contributed by atoms with Crippen molar-refractivity contribution in [3.8, 4) is 0 Å². The number of carbonyl (C=O) groups is 1. The number of nitrogens with zero attached hydrogens (tertiary/aromatic N) is 2. The van der Waals surface area contributed by atoms with Crippen LogP contribution in [0.1, 0.15) is 41.6 Å². The smallest absolute Gasteiger partial charge is 0.251 e. The highest BCUT2D eigenvalue weighted by Gasteiger charge is 2.18. The summed E-state index contributed by atoms with van der Waals surface area (Å²) < 4.78 is 15.5. The van der Waals surface area contributed by atoms with Gasteiger partial charge in [0.05, 0.1) is 17.1 Å². The zero-order valence-electron chi connectivity index (χ0n) is 14.0. The number of hydrogen-bond acceptors (Lipinski definition) is 2. The van der Waals surface area contributed by atoms with Gasteiger partial charge in [-0.2, -0.15) is 0 Å². The fraction of sp³-hybridized carbons (Fsp3) is 0.263. The lowest BCUT2D eigenvalue weighted by Gasteiger charge is -2.15. The number of amides is 1. The van der Waals surface area contributed by atoms with Gasteiger partial charge in [0.2, 0.25) is 0 Å². The minimum absolute atomic E-state index is 0.236. The van der Waals surface area contributed by atoms with Gasteiger partial charge < -0.3 is 9.88 Å². The van der Waals surface area contributed by atoms with E-state index in [1.165, 1.54) is 12.1 Å².